The lowest BCUT2D eigenvalue weighted by Crippen LogP contribution is -2.27. The van der Waals surface area contributed by atoms with Gasteiger partial charge in [0, 0.05) is 57.7 Å². The molecule has 62 heavy (non-hydrogen) atoms. The molecule has 0 unspecified atom stereocenters. The minimum atomic E-state index is -0.776. The molecule has 0 saturated heterocycles. The third kappa shape index (κ3) is 28.0. The Morgan fingerprint density at radius 3 is 1.31 bits per heavy atom. The van der Waals surface area contributed by atoms with E-state index >= 15 is 0 Å². The predicted octanol–water partition coefficient (Wildman–Crippen LogP) is 15.0. The summed E-state index contributed by atoms with van der Waals surface area (Å²) in [4.78, 5) is 55.7. The molecule has 0 aliphatic rings. The van der Waals surface area contributed by atoms with Crippen molar-refractivity contribution in [3.63, 3.8) is 0 Å². The van der Waals surface area contributed by atoms with Crippen molar-refractivity contribution in [2.24, 2.45) is 11.8 Å². The van der Waals surface area contributed by atoms with Gasteiger partial charge in [0.2, 0.25) is 12.1 Å². The summed E-state index contributed by atoms with van der Waals surface area (Å²) in [6.07, 6.45) is 18.9. The Bertz CT molecular complexity index is 1750. The zero-order valence-corrected chi connectivity index (χ0v) is 41.0. The van der Waals surface area contributed by atoms with Crippen molar-refractivity contribution in [1.29, 1.82) is 0 Å². The molecule has 0 N–H and O–H groups in total. The van der Waals surface area contributed by atoms with Crippen LogP contribution in [0, 0.1) is 11.8 Å². The van der Waals surface area contributed by atoms with Gasteiger partial charge in [0.1, 0.15) is 17.3 Å². The fourth-order valence-corrected chi connectivity index (χ4v) is 7.53. The van der Waals surface area contributed by atoms with Crippen LogP contribution in [0.5, 0.6) is 0 Å². The van der Waals surface area contributed by atoms with Crippen molar-refractivity contribution in [2.75, 3.05) is 13.2 Å². The number of fused-ring (bicyclic) bond motifs is 2. The summed E-state index contributed by atoms with van der Waals surface area (Å²) in [7, 11) is 0. The topological polar surface area (TPSA) is 104 Å². The first kappa shape index (κ1) is 58.1. The number of ether oxygens (including phenoxy) is 2. The molecular weight excluding hydrogens is 793 g/mol. The van der Waals surface area contributed by atoms with Gasteiger partial charge in [0.05, 0.1) is 0 Å². The molecule has 0 amide bonds. The molecule has 0 radical (unpaired) electrons. The molecule has 0 aliphatic heterocycles. The van der Waals surface area contributed by atoms with Crippen molar-refractivity contribution < 1.29 is 28.7 Å². The van der Waals surface area contributed by atoms with Gasteiger partial charge in [-0.05, 0) is 77.6 Å². The van der Waals surface area contributed by atoms with Gasteiger partial charge in [0.15, 0.2) is 5.43 Å². The second-order valence-electron chi connectivity index (χ2n) is 16.2. The van der Waals surface area contributed by atoms with E-state index < -0.39 is 6.29 Å². The minimum Gasteiger partial charge on any atom is -0.346 e. The highest BCUT2D eigenvalue weighted by atomic mass is 32.1. The number of ketones is 4. The predicted molar refractivity (Wildman–Crippen MR) is 265 cm³/mol. The van der Waals surface area contributed by atoms with Gasteiger partial charge in [-0.3, -0.25) is 14.4 Å². The fourth-order valence-electron chi connectivity index (χ4n) is 6.46. The first-order chi connectivity index (χ1) is 29.8. The van der Waals surface area contributed by atoms with Crippen LogP contribution in [0.25, 0.3) is 20.2 Å². The number of rotatable bonds is 24. The molecule has 8 heteroatoms. The van der Waals surface area contributed by atoms with Crippen molar-refractivity contribution in [3.05, 3.63) is 94.6 Å². The number of hydrogen-bond acceptors (Lipinski definition) is 8. The van der Waals surface area contributed by atoms with E-state index in [4.69, 9.17) is 9.47 Å². The summed E-state index contributed by atoms with van der Waals surface area (Å²) in [5, 5.41) is 1.64. The normalized spacial score (nSPS) is 10.5. The Labute approximate surface area is 379 Å². The van der Waals surface area contributed by atoms with Crippen molar-refractivity contribution in [3.8, 4) is 0 Å². The van der Waals surface area contributed by atoms with E-state index in [9.17, 15) is 24.0 Å². The number of benzene rings is 3. The summed E-state index contributed by atoms with van der Waals surface area (Å²) in [6, 6.07) is 24.5. The Balaban J connectivity index is 0.000000801. The summed E-state index contributed by atoms with van der Waals surface area (Å²) in [6.45, 7) is 20.0. The monoisotopic (exact) mass is 875 g/mol. The van der Waals surface area contributed by atoms with Crippen LogP contribution in [0.4, 0.5) is 0 Å². The van der Waals surface area contributed by atoms with Gasteiger partial charge in [-0.15, -0.1) is 11.3 Å². The smallest absolute Gasteiger partial charge is 0.222 e. The highest BCUT2D eigenvalue weighted by molar-refractivity contribution is 7.24. The standard InChI is InChI=1S/C19H38O.C13H8OS.C12H16O3.C6H12O.C4H8O/c1-4-6-8-10-12-14-16-19(18(3)20)17-15-13-11-9-7-5-2;14-13-9-5-1-3-7-11(9)15-12-8-4-2-6-10(12)13;1-3-14-12(15-4-2)11(13)10-8-6-5-7-9-10;1-5(2)4-6(3)7;1-3-4(2)5/h19H,4-17H2,1-3H3;1-8H;5-9,12H,3-4H2,1-2H3;5H,4H2,1-3H3;3H2,1-2H3. The molecule has 1 heterocycles. The molecular formula is C54H82O7S. The van der Waals surface area contributed by atoms with Crippen LogP contribution in [0.15, 0.2) is 83.7 Å². The second kappa shape index (κ2) is 37.7. The van der Waals surface area contributed by atoms with E-state index in [1.165, 1.54) is 77.0 Å². The Hall–Kier alpha value is -3.85. The fraction of sp³-hybridized carbons (Fsp3) is 0.574. The molecule has 3 aromatic carbocycles. The summed E-state index contributed by atoms with van der Waals surface area (Å²) < 4.78 is 12.6. The molecule has 0 spiro atoms. The number of Topliss-reactive ketones (excluding diaryl/α,β-unsaturated/α-hetero) is 4. The lowest BCUT2D eigenvalue weighted by atomic mass is 9.91. The van der Waals surface area contributed by atoms with Crippen molar-refractivity contribution in [1.82, 2.24) is 0 Å². The highest BCUT2D eigenvalue weighted by Gasteiger charge is 2.20. The van der Waals surface area contributed by atoms with Crippen LogP contribution in [-0.4, -0.2) is 42.6 Å². The van der Waals surface area contributed by atoms with Gasteiger partial charge < -0.3 is 19.1 Å². The molecule has 346 valence electrons. The molecule has 0 bridgehead atoms. The van der Waals surface area contributed by atoms with Gasteiger partial charge in [-0.1, -0.05) is 166 Å². The average Bonchev–Trinajstić information content (AvgIpc) is 3.25. The summed E-state index contributed by atoms with van der Waals surface area (Å²) in [5.74, 6) is 1.72. The van der Waals surface area contributed by atoms with Gasteiger partial charge in [-0.25, -0.2) is 0 Å². The van der Waals surface area contributed by atoms with Crippen molar-refractivity contribution in [2.45, 2.75) is 178 Å². The molecule has 7 nitrogen and oxygen atoms in total. The highest BCUT2D eigenvalue weighted by Crippen LogP contribution is 2.24. The number of unbranched alkanes of at least 4 members (excludes halogenated alkanes) is 10. The maximum absolute atomic E-state index is 12.1. The first-order valence-electron chi connectivity index (χ1n) is 23.5. The van der Waals surface area contributed by atoms with E-state index in [1.807, 2.05) is 101 Å². The van der Waals surface area contributed by atoms with Crippen LogP contribution in [-0.2, 0) is 23.9 Å². The van der Waals surface area contributed by atoms with E-state index in [1.54, 1.807) is 44.2 Å². The Morgan fingerprint density at radius 2 is 0.952 bits per heavy atom. The maximum Gasteiger partial charge on any atom is 0.222 e. The largest absolute Gasteiger partial charge is 0.346 e. The second-order valence-corrected chi connectivity index (χ2v) is 17.3. The summed E-state index contributed by atoms with van der Waals surface area (Å²) in [5.41, 5.74) is 0.754. The van der Waals surface area contributed by atoms with E-state index in [2.05, 4.69) is 13.8 Å². The molecule has 0 fully saturated rings. The SMILES string of the molecule is CC(=O)CC(C)C.CCC(C)=O.CCCCCCCCC(CCCCCCCC)C(C)=O.CCOC(OCC)C(=O)c1ccccc1.O=c1c2ccccc2sc2ccccc12. The zero-order valence-electron chi connectivity index (χ0n) is 40.2. The first-order valence-corrected chi connectivity index (χ1v) is 24.3. The van der Waals surface area contributed by atoms with Gasteiger partial charge >= 0.3 is 0 Å². The number of carbonyl (C=O) groups excluding carboxylic acids is 4. The Morgan fingerprint density at radius 1 is 0.548 bits per heavy atom. The maximum atomic E-state index is 12.1. The van der Waals surface area contributed by atoms with Crippen LogP contribution < -0.4 is 5.43 Å². The summed E-state index contributed by atoms with van der Waals surface area (Å²) >= 11 is 1.67. The molecule has 1 aromatic heterocycles. The lowest BCUT2D eigenvalue weighted by molar-refractivity contribution is -0.121. The minimum absolute atomic E-state index is 0.126. The Kier molecular flexibility index (Phi) is 35.3. The molecule has 0 aliphatic carbocycles. The molecule has 0 atom stereocenters. The van der Waals surface area contributed by atoms with Gasteiger partial charge in [-0.2, -0.15) is 0 Å². The average molecular weight is 875 g/mol. The lowest BCUT2D eigenvalue weighted by Gasteiger charge is -2.15. The quantitative estimate of drug-likeness (QED) is 0.0299. The number of carbonyl (C=O) groups is 4. The van der Waals surface area contributed by atoms with E-state index in [0.29, 0.717) is 42.8 Å². The molecule has 4 rings (SSSR count). The van der Waals surface area contributed by atoms with E-state index in [0.717, 1.165) is 39.4 Å². The zero-order chi connectivity index (χ0) is 46.5. The number of hydrogen-bond donors (Lipinski definition) is 0. The van der Waals surface area contributed by atoms with Gasteiger partial charge in [0.25, 0.3) is 0 Å². The third-order valence-corrected chi connectivity index (χ3v) is 11.1. The van der Waals surface area contributed by atoms with Crippen molar-refractivity contribution >= 4 is 54.6 Å². The third-order valence-electron chi connectivity index (χ3n) is 9.97. The molecule has 4 aromatic rings. The van der Waals surface area contributed by atoms with Crippen LogP contribution in [0.3, 0.4) is 0 Å². The van der Waals surface area contributed by atoms with Crippen LogP contribution in [0.2, 0.25) is 0 Å². The van der Waals surface area contributed by atoms with Crippen LogP contribution >= 0.6 is 11.3 Å². The van der Waals surface area contributed by atoms with E-state index in [-0.39, 0.29) is 22.8 Å². The molecule has 0 saturated carbocycles. The van der Waals surface area contributed by atoms with Crippen LogP contribution in [0.1, 0.15) is 182 Å².